The molecule has 1 unspecified atom stereocenters. The van der Waals surface area contributed by atoms with Gasteiger partial charge in [0.2, 0.25) is 11.9 Å². The molecule has 3 aliphatic rings. The predicted octanol–water partition coefficient (Wildman–Crippen LogP) is 4.82. The van der Waals surface area contributed by atoms with Crippen LogP contribution in [0.3, 0.4) is 0 Å². The first-order chi connectivity index (χ1) is 21.2. The van der Waals surface area contributed by atoms with E-state index in [4.69, 9.17) is 11.2 Å². The topological polar surface area (TPSA) is 94.7 Å². The predicted molar refractivity (Wildman–Crippen MR) is 163 cm³/mol. The summed E-state index contributed by atoms with van der Waals surface area (Å²) in [5.74, 6) is 2.48. The average molecular weight is 610 g/mol. The monoisotopic (exact) mass is 609 g/mol. The minimum atomic E-state index is -4.68. The van der Waals surface area contributed by atoms with Crippen LogP contribution < -0.4 is 16.0 Å². The fraction of sp³-hybridized carbons (Fsp3) is 0.469. The van der Waals surface area contributed by atoms with Crippen molar-refractivity contribution in [2.45, 2.75) is 58.4 Å². The third kappa shape index (κ3) is 7.34. The number of hydrogen-bond acceptors (Lipinski definition) is 8. The highest BCUT2D eigenvalue weighted by Gasteiger charge is 2.35. The van der Waals surface area contributed by atoms with Gasteiger partial charge >= 0.3 is 6.18 Å². The average Bonchev–Trinajstić information content (AvgIpc) is 2.99. The Hall–Kier alpha value is -4.08. The molecular formula is C32H38F3N7O2. The number of nitrogens with one attached hydrogen (secondary N) is 3. The number of rotatable bonds is 6. The SMILES string of the molecule is C#CC1OCCNC(=C/C)/C(C)=C\1N1CCc2cnc(Nc3ccc(NC(=O)CN4CCCCC4)c(C(F)(F)F)c3)nc2C1. The van der Waals surface area contributed by atoms with Crippen molar-refractivity contribution in [3.63, 3.8) is 0 Å². The summed E-state index contributed by atoms with van der Waals surface area (Å²) in [5.41, 5.74) is 3.51. The van der Waals surface area contributed by atoms with Gasteiger partial charge in [-0.3, -0.25) is 9.69 Å². The number of carbonyl (C=O) groups is 1. The lowest BCUT2D eigenvalue weighted by Crippen LogP contribution is -2.39. The molecule has 9 nitrogen and oxygen atoms in total. The van der Waals surface area contributed by atoms with E-state index in [9.17, 15) is 18.0 Å². The van der Waals surface area contributed by atoms with E-state index in [1.807, 2.05) is 24.8 Å². The van der Waals surface area contributed by atoms with E-state index in [0.717, 1.165) is 66.6 Å². The van der Waals surface area contributed by atoms with Crippen molar-refractivity contribution in [3.05, 3.63) is 64.3 Å². The number of allylic oxidation sites excluding steroid dienone is 2. The number of carbonyl (C=O) groups excluding carboxylic acids is 1. The number of halogens is 3. The first-order valence-corrected chi connectivity index (χ1v) is 15.0. The molecule has 0 spiro atoms. The highest BCUT2D eigenvalue weighted by molar-refractivity contribution is 5.93. The number of alkyl halides is 3. The van der Waals surface area contributed by atoms with E-state index in [1.54, 1.807) is 6.20 Å². The Bertz CT molecular complexity index is 1480. The number of amides is 1. The van der Waals surface area contributed by atoms with Crippen LogP contribution in [0.4, 0.5) is 30.5 Å². The van der Waals surface area contributed by atoms with Gasteiger partial charge in [0.05, 0.1) is 42.3 Å². The summed E-state index contributed by atoms with van der Waals surface area (Å²) in [6, 6.07) is 3.70. The van der Waals surface area contributed by atoms with Gasteiger partial charge in [0, 0.05) is 30.7 Å². The number of ether oxygens (including phenoxy) is 1. The maximum absolute atomic E-state index is 14.1. The number of hydrogen-bond donors (Lipinski definition) is 3. The number of piperidine rings is 1. The van der Waals surface area contributed by atoms with E-state index in [2.05, 4.69) is 36.7 Å². The van der Waals surface area contributed by atoms with Crippen molar-refractivity contribution in [3.8, 4) is 12.3 Å². The van der Waals surface area contributed by atoms with Crippen molar-refractivity contribution in [2.24, 2.45) is 0 Å². The minimum absolute atomic E-state index is 0.0640. The summed E-state index contributed by atoms with van der Waals surface area (Å²) in [7, 11) is 0. The van der Waals surface area contributed by atoms with Crippen LogP contribution in [-0.4, -0.2) is 71.1 Å². The highest BCUT2D eigenvalue weighted by Crippen LogP contribution is 2.37. The van der Waals surface area contributed by atoms with Crippen LogP contribution in [0.25, 0.3) is 0 Å². The summed E-state index contributed by atoms with van der Waals surface area (Å²) >= 11 is 0. The lowest BCUT2D eigenvalue weighted by atomic mass is 10.0. The normalized spacial score (nSPS) is 22.3. The number of likely N-dealkylation sites (tertiary alicyclic amines) is 1. The zero-order chi connectivity index (χ0) is 31.3. The van der Waals surface area contributed by atoms with Crippen molar-refractivity contribution < 1.29 is 22.7 Å². The van der Waals surface area contributed by atoms with Crippen LogP contribution >= 0.6 is 0 Å². The van der Waals surface area contributed by atoms with Crippen molar-refractivity contribution in [1.29, 1.82) is 0 Å². The zero-order valence-corrected chi connectivity index (χ0v) is 25.1. The smallest absolute Gasteiger partial charge is 0.383 e. The van der Waals surface area contributed by atoms with Crippen molar-refractivity contribution in [1.82, 2.24) is 25.1 Å². The van der Waals surface area contributed by atoms with Crippen LogP contribution in [-0.2, 0) is 28.7 Å². The summed E-state index contributed by atoms with van der Waals surface area (Å²) in [6.45, 7) is 7.82. The minimum Gasteiger partial charge on any atom is -0.383 e. The molecule has 1 aromatic heterocycles. The molecule has 1 fully saturated rings. The third-order valence-corrected chi connectivity index (χ3v) is 8.14. The first-order valence-electron chi connectivity index (χ1n) is 15.0. The van der Waals surface area contributed by atoms with Gasteiger partial charge in [-0.05, 0) is 75.5 Å². The summed E-state index contributed by atoms with van der Waals surface area (Å²) in [5, 5.41) is 8.76. The van der Waals surface area contributed by atoms with E-state index in [-0.39, 0.29) is 23.9 Å². The molecule has 3 N–H and O–H groups in total. The number of aromatic nitrogens is 2. The van der Waals surface area contributed by atoms with Crippen LogP contribution in [0.15, 0.2) is 47.4 Å². The quantitative estimate of drug-likeness (QED) is 0.402. The van der Waals surface area contributed by atoms with Crippen molar-refractivity contribution in [2.75, 3.05) is 50.0 Å². The van der Waals surface area contributed by atoms with Gasteiger partial charge in [-0.1, -0.05) is 18.4 Å². The second kappa shape index (κ2) is 13.7. The number of nitrogens with zero attached hydrogens (tertiary/aromatic N) is 4. The number of terminal acetylenes is 1. The molecule has 44 heavy (non-hydrogen) atoms. The van der Waals surface area contributed by atoms with E-state index < -0.39 is 23.8 Å². The molecular weight excluding hydrogens is 571 g/mol. The zero-order valence-electron chi connectivity index (χ0n) is 25.1. The van der Waals surface area contributed by atoms with E-state index in [0.29, 0.717) is 32.7 Å². The van der Waals surface area contributed by atoms with Gasteiger partial charge in [0.25, 0.3) is 0 Å². The molecule has 0 saturated carbocycles. The summed E-state index contributed by atoms with van der Waals surface area (Å²) in [4.78, 5) is 25.7. The molecule has 0 radical (unpaired) electrons. The largest absolute Gasteiger partial charge is 0.418 e. The third-order valence-electron chi connectivity index (χ3n) is 8.14. The number of fused-ring (bicyclic) bond motifs is 1. The molecule has 1 atom stereocenters. The Labute approximate surface area is 255 Å². The first kappa shape index (κ1) is 31.3. The van der Waals surface area contributed by atoms with Gasteiger partial charge in [0.1, 0.15) is 0 Å². The van der Waals surface area contributed by atoms with Crippen LogP contribution in [0, 0.1) is 12.3 Å². The molecule has 5 rings (SSSR count). The fourth-order valence-corrected chi connectivity index (χ4v) is 5.93. The maximum Gasteiger partial charge on any atom is 0.418 e. The van der Waals surface area contributed by atoms with Crippen LogP contribution in [0.2, 0.25) is 0 Å². The van der Waals surface area contributed by atoms with Crippen molar-refractivity contribution >= 4 is 23.2 Å². The summed E-state index contributed by atoms with van der Waals surface area (Å²) < 4.78 is 48.1. The van der Waals surface area contributed by atoms with Gasteiger partial charge in [-0.2, -0.15) is 13.2 Å². The molecule has 3 aliphatic heterocycles. The van der Waals surface area contributed by atoms with E-state index in [1.165, 1.54) is 12.1 Å². The Morgan fingerprint density at radius 1 is 1.25 bits per heavy atom. The fourth-order valence-electron chi connectivity index (χ4n) is 5.93. The molecule has 0 aliphatic carbocycles. The lowest BCUT2D eigenvalue weighted by Gasteiger charge is -2.36. The molecule has 12 heteroatoms. The highest BCUT2D eigenvalue weighted by atomic mass is 19.4. The van der Waals surface area contributed by atoms with Gasteiger partial charge in [0.15, 0.2) is 6.10 Å². The molecule has 1 amide bonds. The number of anilines is 3. The van der Waals surface area contributed by atoms with Crippen LogP contribution in [0.1, 0.15) is 49.9 Å². The van der Waals surface area contributed by atoms with Gasteiger partial charge in [-0.25, -0.2) is 9.97 Å². The molecule has 1 aromatic carbocycles. The Morgan fingerprint density at radius 2 is 2.05 bits per heavy atom. The number of benzene rings is 1. The second-order valence-corrected chi connectivity index (χ2v) is 11.2. The summed E-state index contributed by atoms with van der Waals surface area (Å²) in [6.07, 6.45) is 8.14. The molecule has 4 heterocycles. The lowest BCUT2D eigenvalue weighted by molar-refractivity contribution is -0.136. The van der Waals surface area contributed by atoms with Crippen LogP contribution in [0.5, 0.6) is 0 Å². The van der Waals surface area contributed by atoms with Gasteiger partial charge in [-0.15, -0.1) is 6.42 Å². The maximum atomic E-state index is 14.1. The van der Waals surface area contributed by atoms with E-state index >= 15 is 0 Å². The molecule has 2 aromatic rings. The molecule has 1 saturated heterocycles. The Balaban J connectivity index is 1.34. The Morgan fingerprint density at radius 3 is 2.77 bits per heavy atom. The molecule has 0 bridgehead atoms. The Kier molecular flexibility index (Phi) is 9.76. The standard InChI is InChI=1S/C32H38F3N7O2/c1-4-25-21(3)30(28(5-2)44-16-12-36-25)42-15-11-22-18-37-31(40-27(22)19-42)38-23-9-10-26(24(17-23)32(33,34)35)39-29(43)20-41-13-7-6-8-14-41/h2,4,9-10,17-18,28,36H,6-8,11-16,19-20H2,1,3H3,(H,39,43)(H,37,38,40)/b25-4+,30-21+. The molecule has 234 valence electrons. The second-order valence-electron chi connectivity index (χ2n) is 11.2. The van der Waals surface area contributed by atoms with Gasteiger partial charge < -0.3 is 25.6 Å².